The molecule has 1 saturated carbocycles. The SMILES string of the molecule is CC1CCCC(CNc2ncccc2S(C)(=O)=O)C1. The first-order valence-electron chi connectivity index (χ1n) is 6.85. The highest BCUT2D eigenvalue weighted by molar-refractivity contribution is 7.90. The van der Waals surface area contributed by atoms with E-state index in [1.807, 2.05) is 0 Å². The summed E-state index contributed by atoms with van der Waals surface area (Å²) in [6, 6.07) is 3.26. The summed E-state index contributed by atoms with van der Waals surface area (Å²) in [7, 11) is -3.22. The van der Waals surface area contributed by atoms with Gasteiger partial charge in [0.15, 0.2) is 9.84 Å². The molecule has 2 unspecified atom stereocenters. The molecule has 19 heavy (non-hydrogen) atoms. The van der Waals surface area contributed by atoms with Gasteiger partial charge in [0, 0.05) is 19.0 Å². The average Bonchev–Trinajstić information content (AvgIpc) is 2.36. The minimum absolute atomic E-state index is 0.291. The Balaban J connectivity index is 2.04. The topological polar surface area (TPSA) is 59.1 Å². The Morgan fingerprint density at radius 1 is 1.42 bits per heavy atom. The molecule has 1 aliphatic rings. The van der Waals surface area contributed by atoms with Crippen LogP contribution in [0.5, 0.6) is 0 Å². The Labute approximate surface area is 115 Å². The maximum Gasteiger partial charge on any atom is 0.179 e. The molecule has 4 nitrogen and oxygen atoms in total. The summed E-state index contributed by atoms with van der Waals surface area (Å²) in [5.74, 6) is 1.89. The molecule has 0 aliphatic heterocycles. The van der Waals surface area contributed by atoms with Crippen LogP contribution in [0.25, 0.3) is 0 Å². The van der Waals surface area contributed by atoms with E-state index in [-0.39, 0.29) is 0 Å². The molecule has 1 fully saturated rings. The Hall–Kier alpha value is -1.10. The highest BCUT2D eigenvalue weighted by Gasteiger charge is 2.20. The molecule has 0 radical (unpaired) electrons. The molecule has 0 spiro atoms. The van der Waals surface area contributed by atoms with Crippen molar-refractivity contribution < 1.29 is 8.42 Å². The normalized spacial score (nSPS) is 24.1. The lowest BCUT2D eigenvalue weighted by Crippen LogP contribution is -2.22. The van der Waals surface area contributed by atoms with Gasteiger partial charge in [0.25, 0.3) is 0 Å². The molecule has 0 bridgehead atoms. The van der Waals surface area contributed by atoms with Gasteiger partial charge in [-0.1, -0.05) is 19.8 Å². The van der Waals surface area contributed by atoms with Gasteiger partial charge in [-0.15, -0.1) is 0 Å². The van der Waals surface area contributed by atoms with Crippen LogP contribution >= 0.6 is 0 Å². The van der Waals surface area contributed by atoms with Crippen LogP contribution in [-0.4, -0.2) is 26.2 Å². The minimum Gasteiger partial charge on any atom is -0.369 e. The van der Waals surface area contributed by atoms with Crippen molar-refractivity contribution in [3.63, 3.8) is 0 Å². The number of aromatic nitrogens is 1. The predicted octanol–water partition coefficient (Wildman–Crippen LogP) is 2.72. The molecular formula is C14H22N2O2S. The van der Waals surface area contributed by atoms with Gasteiger partial charge in [-0.3, -0.25) is 0 Å². The number of nitrogens with zero attached hydrogens (tertiary/aromatic N) is 1. The number of rotatable bonds is 4. The van der Waals surface area contributed by atoms with Crippen LogP contribution in [0.15, 0.2) is 23.2 Å². The molecule has 1 N–H and O–H groups in total. The zero-order valence-electron chi connectivity index (χ0n) is 11.6. The van der Waals surface area contributed by atoms with Gasteiger partial charge < -0.3 is 5.32 Å². The van der Waals surface area contributed by atoms with E-state index in [9.17, 15) is 8.42 Å². The molecule has 0 aromatic carbocycles. The summed E-state index contributed by atoms with van der Waals surface area (Å²) in [5.41, 5.74) is 0. The molecule has 2 atom stereocenters. The van der Waals surface area contributed by atoms with Crippen molar-refractivity contribution in [1.29, 1.82) is 0 Å². The largest absolute Gasteiger partial charge is 0.369 e. The van der Waals surface area contributed by atoms with Gasteiger partial charge in [0.1, 0.15) is 10.7 Å². The van der Waals surface area contributed by atoms with Crippen molar-refractivity contribution in [3.8, 4) is 0 Å². The van der Waals surface area contributed by atoms with Gasteiger partial charge in [-0.25, -0.2) is 13.4 Å². The summed E-state index contributed by atoms with van der Waals surface area (Å²) >= 11 is 0. The van der Waals surface area contributed by atoms with E-state index in [1.165, 1.54) is 31.9 Å². The van der Waals surface area contributed by atoms with Crippen LogP contribution in [0.4, 0.5) is 5.82 Å². The second-order valence-electron chi connectivity index (χ2n) is 5.64. The fourth-order valence-electron chi connectivity index (χ4n) is 2.81. The number of sulfone groups is 1. The molecular weight excluding hydrogens is 260 g/mol. The smallest absolute Gasteiger partial charge is 0.179 e. The first-order chi connectivity index (χ1) is 8.97. The zero-order chi connectivity index (χ0) is 13.9. The van der Waals surface area contributed by atoms with Crippen molar-refractivity contribution in [3.05, 3.63) is 18.3 Å². The van der Waals surface area contributed by atoms with Crippen LogP contribution in [0, 0.1) is 11.8 Å². The van der Waals surface area contributed by atoms with E-state index >= 15 is 0 Å². The maximum atomic E-state index is 11.7. The van der Waals surface area contributed by atoms with Crippen LogP contribution in [-0.2, 0) is 9.84 Å². The van der Waals surface area contributed by atoms with Gasteiger partial charge in [-0.2, -0.15) is 0 Å². The number of hydrogen-bond donors (Lipinski definition) is 1. The fourth-order valence-corrected chi connectivity index (χ4v) is 3.61. The number of pyridine rings is 1. The Morgan fingerprint density at radius 2 is 2.21 bits per heavy atom. The summed E-state index contributed by atoms with van der Waals surface area (Å²) in [6.07, 6.45) is 7.87. The molecule has 1 heterocycles. The third-order valence-electron chi connectivity index (χ3n) is 3.77. The second-order valence-corrected chi connectivity index (χ2v) is 7.63. The quantitative estimate of drug-likeness (QED) is 0.922. The first-order valence-corrected chi connectivity index (χ1v) is 8.75. The van der Waals surface area contributed by atoms with Crippen LogP contribution in [0.3, 0.4) is 0 Å². The second kappa shape index (κ2) is 5.90. The third kappa shape index (κ3) is 3.93. The molecule has 106 valence electrons. The summed E-state index contributed by atoms with van der Waals surface area (Å²) < 4.78 is 23.4. The van der Waals surface area contributed by atoms with E-state index in [0.717, 1.165) is 12.5 Å². The highest BCUT2D eigenvalue weighted by atomic mass is 32.2. The number of nitrogens with one attached hydrogen (secondary N) is 1. The Morgan fingerprint density at radius 3 is 2.89 bits per heavy atom. The van der Waals surface area contributed by atoms with Crippen molar-refractivity contribution >= 4 is 15.7 Å². The third-order valence-corrected chi connectivity index (χ3v) is 4.90. The average molecular weight is 282 g/mol. The molecule has 0 amide bonds. The van der Waals surface area contributed by atoms with Gasteiger partial charge in [-0.05, 0) is 36.8 Å². The lowest BCUT2D eigenvalue weighted by Gasteiger charge is -2.27. The maximum absolute atomic E-state index is 11.7. The molecule has 1 aromatic rings. The molecule has 2 rings (SSSR count). The minimum atomic E-state index is -3.22. The molecule has 1 aromatic heterocycles. The zero-order valence-corrected chi connectivity index (χ0v) is 12.4. The van der Waals surface area contributed by atoms with Gasteiger partial charge >= 0.3 is 0 Å². The lowest BCUT2D eigenvalue weighted by molar-refractivity contribution is 0.293. The number of anilines is 1. The fraction of sp³-hybridized carbons (Fsp3) is 0.643. The van der Waals surface area contributed by atoms with Crippen molar-refractivity contribution in [1.82, 2.24) is 4.98 Å². The number of hydrogen-bond acceptors (Lipinski definition) is 4. The van der Waals surface area contributed by atoms with Crippen molar-refractivity contribution in [2.45, 2.75) is 37.5 Å². The standard InChI is InChI=1S/C14H22N2O2S/c1-11-5-3-6-12(9-11)10-16-14-13(19(2,17)18)7-4-8-15-14/h4,7-8,11-12H,3,5-6,9-10H2,1-2H3,(H,15,16). The van der Waals surface area contributed by atoms with Crippen LogP contribution < -0.4 is 5.32 Å². The summed E-state index contributed by atoms with van der Waals surface area (Å²) in [6.45, 7) is 3.10. The van der Waals surface area contributed by atoms with E-state index in [0.29, 0.717) is 16.6 Å². The molecule has 0 saturated heterocycles. The molecule has 5 heteroatoms. The monoisotopic (exact) mass is 282 g/mol. The van der Waals surface area contributed by atoms with Crippen LogP contribution in [0.2, 0.25) is 0 Å². The van der Waals surface area contributed by atoms with Crippen LogP contribution in [0.1, 0.15) is 32.6 Å². The van der Waals surface area contributed by atoms with Crippen molar-refractivity contribution in [2.24, 2.45) is 11.8 Å². The van der Waals surface area contributed by atoms with E-state index in [1.54, 1.807) is 18.3 Å². The Bertz CT molecular complexity index is 528. The van der Waals surface area contributed by atoms with E-state index < -0.39 is 9.84 Å². The predicted molar refractivity (Wildman–Crippen MR) is 77.0 cm³/mol. The van der Waals surface area contributed by atoms with Gasteiger partial charge in [0.2, 0.25) is 0 Å². The van der Waals surface area contributed by atoms with E-state index in [2.05, 4.69) is 17.2 Å². The summed E-state index contributed by atoms with van der Waals surface area (Å²) in [4.78, 5) is 4.45. The van der Waals surface area contributed by atoms with Crippen molar-refractivity contribution in [2.75, 3.05) is 18.1 Å². The first kappa shape index (κ1) is 14.3. The summed E-state index contributed by atoms with van der Waals surface area (Å²) in [5, 5.41) is 3.22. The van der Waals surface area contributed by atoms with E-state index in [4.69, 9.17) is 0 Å². The Kier molecular flexibility index (Phi) is 4.45. The highest BCUT2D eigenvalue weighted by Crippen LogP contribution is 2.29. The molecule has 1 aliphatic carbocycles. The van der Waals surface area contributed by atoms with Gasteiger partial charge in [0.05, 0.1) is 0 Å². The lowest BCUT2D eigenvalue weighted by atomic mass is 9.82.